The molecule has 0 radical (unpaired) electrons. The highest BCUT2D eigenvalue weighted by Crippen LogP contribution is 2.26. The van der Waals surface area contributed by atoms with E-state index in [1.54, 1.807) is 6.92 Å². The second-order valence-corrected chi connectivity index (χ2v) is 3.76. The number of nitro groups is 1. The van der Waals surface area contributed by atoms with Crippen LogP contribution in [-0.4, -0.2) is 21.9 Å². The molecule has 7 heteroatoms. The van der Waals surface area contributed by atoms with Gasteiger partial charge >= 0.3 is 5.97 Å². The molecule has 7 nitrogen and oxygen atoms in total. The molecule has 0 spiro atoms. The fourth-order valence-corrected chi connectivity index (χ4v) is 1.58. The van der Waals surface area contributed by atoms with Gasteiger partial charge in [-0.15, -0.1) is 0 Å². The summed E-state index contributed by atoms with van der Waals surface area (Å²) < 4.78 is 0. The zero-order valence-electron chi connectivity index (χ0n) is 9.84. The molecule has 0 aromatic heterocycles. The number of carboxylic acids is 1. The topological polar surface area (TPSA) is 110 Å². The Hall–Kier alpha value is -2.44. The molecule has 1 atom stereocenters. The maximum absolute atomic E-state index is 10.9. The molecule has 0 unspecified atom stereocenters. The molecule has 0 saturated carbocycles. The van der Waals surface area contributed by atoms with Crippen molar-refractivity contribution in [1.29, 1.82) is 0 Å². The second kappa shape index (κ2) is 5.26. The lowest BCUT2D eigenvalue weighted by Gasteiger charge is -2.13. The first kappa shape index (κ1) is 13.6. The number of nitro benzene ring substituents is 1. The number of nitrogens with zero attached hydrogens (tertiary/aromatic N) is 1. The number of nitrogens with one attached hydrogen (secondary N) is 1. The Kier molecular flexibility index (Phi) is 3.98. The molecule has 0 aliphatic rings. The summed E-state index contributed by atoms with van der Waals surface area (Å²) in [6.45, 7) is 2.89. The van der Waals surface area contributed by atoms with E-state index in [4.69, 9.17) is 5.11 Å². The first-order valence-corrected chi connectivity index (χ1v) is 5.11. The van der Waals surface area contributed by atoms with Crippen molar-refractivity contribution in [2.24, 2.45) is 0 Å². The van der Waals surface area contributed by atoms with E-state index in [0.717, 1.165) is 6.07 Å². The second-order valence-electron chi connectivity index (χ2n) is 3.76. The summed E-state index contributed by atoms with van der Waals surface area (Å²) in [5.74, 6) is -1.56. The van der Waals surface area contributed by atoms with Gasteiger partial charge in [-0.05, 0) is 19.1 Å². The van der Waals surface area contributed by atoms with E-state index in [1.807, 2.05) is 0 Å². The minimum atomic E-state index is -1.24. The van der Waals surface area contributed by atoms with E-state index in [9.17, 15) is 19.7 Å². The summed E-state index contributed by atoms with van der Waals surface area (Å²) in [5.41, 5.74) is -0.225. The van der Waals surface area contributed by atoms with Crippen LogP contribution in [-0.2, 0) is 4.79 Å². The fourth-order valence-electron chi connectivity index (χ4n) is 1.58. The third-order valence-corrected chi connectivity index (χ3v) is 2.36. The highest BCUT2D eigenvalue weighted by molar-refractivity contribution is 5.88. The Labute approximate surface area is 103 Å². The number of carbonyl (C=O) groups excluding carboxylic acids is 1. The molecule has 1 rings (SSSR count). The maximum Gasteiger partial charge on any atom is 0.335 e. The van der Waals surface area contributed by atoms with E-state index in [2.05, 4.69) is 5.32 Å². The Morgan fingerprint density at radius 1 is 1.44 bits per heavy atom. The van der Waals surface area contributed by atoms with E-state index in [1.165, 1.54) is 19.1 Å². The third kappa shape index (κ3) is 3.03. The van der Waals surface area contributed by atoms with Gasteiger partial charge in [-0.25, -0.2) is 4.79 Å². The van der Waals surface area contributed by atoms with E-state index in [0.29, 0.717) is 0 Å². The van der Waals surface area contributed by atoms with Gasteiger partial charge in [0.25, 0.3) is 5.69 Å². The molecule has 2 N–H and O–H groups in total. The van der Waals surface area contributed by atoms with Crippen LogP contribution < -0.4 is 5.32 Å². The normalized spacial score (nSPS) is 11.7. The molecule has 0 fully saturated rings. The Morgan fingerprint density at radius 2 is 2.06 bits per heavy atom. The van der Waals surface area contributed by atoms with Crippen molar-refractivity contribution in [1.82, 2.24) is 5.32 Å². The summed E-state index contributed by atoms with van der Waals surface area (Å²) in [5, 5.41) is 22.2. The summed E-state index contributed by atoms with van der Waals surface area (Å²) in [6, 6.07) is 3.02. The van der Waals surface area contributed by atoms with Crippen molar-refractivity contribution in [3.05, 3.63) is 39.4 Å². The van der Waals surface area contributed by atoms with Gasteiger partial charge in [0.05, 0.1) is 22.1 Å². The summed E-state index contributed by atoms with van der Waals surface area (Å²) in [6.07, 6.45) is 0. The van der Waals surface area contributed by atoms with E-state index < -0.39 is 16.9 Å². The average molecular weight is 252 g/mol. The summed E-state index contributed by atoms with van der Waals surface area (Å²) in [7, 11) is 0. The Morgan fingerprint density at radius 3 is 2.50 bits per heavy atom. The number of hydrogen-bond donors (Lipinski definition) is 2. The van der Waals surface area contributed by atoms with Crippen LogP contribution in [0.2, 0.25) is 0 Å². The predicted octanol–water partition coefficient (Wildman–Crippen LogP) is 1.49. The van der Waals surface area contributed by atoms with Crippen LogP contribution in [0.1, 0.15) is 35.8 Å². The van der Waals surface area contributed by atoms with E-state index in [-0.39, 0.29) is 22.7 Å². The number of hydrogen-bond acceptors (Lipinski definition) is 4. The summed E-state index contributed by atoms with van der Waals surface area (Å²) >= 11 is 0. The highest BCUT2D eigenvalue weighted by Gasteiger charge is 2.21. The minimum Gasteiger partial charge on any atom is -0.478 e. The molecule has 0 heterocycles. The van der Waals surface area contributed by atoms with Crippen LogP contribution >= 0.6 is 0 Å². The lowest BCUT2D eigenvalue weighted by Crippen LogP contribution is -2.24. The van der Waals surface area contributed by atoms with Crippen LogP contribution in [0, 0.1) is 10.1 Å². The van der Waals surface area contributed by atoms with Gasteiger partial charge in [-0.1, -0.05) is 0 Å². The quantitative estimate of drug-likeness (QED) is 0.623. The zero-order chi connectivity index (χ0) is 13.9. The molecule has 0 aliphatic heterocycles. The van der Waals surface area contributed by atoms with Crippen molar-refractivity contribution < 1.29 is 19.6 Å². The molecular weight excluding hydrogens is 240 g/mol. The van der Waals surface area contributed by atoms with Crippen molar-refractivity contribution >= 4 is 17.6 Å². The first-order chi connectivity index (χ1) is 8.32. The van der Waals surface area contributed by atoms with E-state index >= 15 is 0 Å². The predicted molar refractivity (Wildman–Crippen MR) is 62.3 cm³/mol. The Balaban J connectivity index is 3.23. The molecule has 0 saturated heterocycles. The lowest BCUT2D eigenvalue weighted by molar-refractivity contribution is -0.385. The number of benzene rings is 1. The monoisotopic (exact) mass is 252 g/mol. The maximum atomic E-state index is 10.9. The number of rotatable bonds is 4. The first-order valence-electron chi connectivity index (χ1n) is 5.11. The van der Waals surface area contributed by atoms with Crippen molar-refractivity contribution in [3.8, 4) is 0 Å². The number of carbonyl (C=O) groups is 2. The number of amides is 1. The van der Waals surface area contributed by atoms with Gasteiger partial charge in [0, 0.05) is 13.0 Å². The van der Waals surface area contributed by atoms with Crippen LogP contribution in [0.4, 0.5) is 5.69 Å². The minimum absolute atomic E-state index is 0.166. The smallest absolute Gasteiger partial charge is 0.335 e. The molecule has 1 amide bonds. The molecule has 96 valence electrons. The van der Waals surface area contributed by atoms with Crippen LogP contribution in [0.5, 0.6) is 0 Å². The van der Waals surface area contributed by atoms with Gasteiger partial charge in [-0.3, -0.25) is 14.9 Å². The highest BCUT2D eigenvalue weighted by atomic mass is 16.6. The number of carboxylic acid groups (broad SMARTS) is 1. The van der Waals surface area contributed by atoms with Gasteiger partial charge < -0.3 is 10.4 Å². The molecule has 18 heavy (non-hydrogen) atoms. The number of aromatic carboxylic acids is 1. The molecular formula is C11H12N2O5. The zero-order valence-corrected chi connectivity index (χ0v) is 9.84. The van der Waals surface area contributed by atoms with Crippen LogP contribution in [0.15, 0.2) is 18.2 Å². The van der Waals surface area contributed by atoms with Gasteiger partial charge in [0.1, 0.15) is 0 Å². The fraction of sp³-hybridized carbons (Fsp3) is 0.273. The van der Waals surface area contributed by atoms with Crippen molar-refractivity contribution in [2.45, 2.75) is 19.9 Å². The molecule has 0 aliphatic carbocycles. The van der Waals surface area contributed by atoms with Crippen LogP contribution in [0.3, 0.4) is 0 Å². The van der Waals surface area contributed by atoms with Gasteiger partial charge in [0.15, 0.2) is 0 Å². The Bertz CT molecular complexity index is 512. The molecule has 1 aromatic carbocycles. The largest absolute Gasteiger partial charge is 0.478 e. The average Bonchev–Trinajstić information content (AvgIpc) is 2.26. The van der Waals surface area contributed by atoms with Crippen LogP contribution in [0.25, 0.3) is 0 Å². The standard InChI is InChI=1S/C11H12N2O5/c1-6(12-7(2)14)9-4-3-8(11(15)16)5-10(9)13(17)18/h3-6H,1-2H3,(H,12,14)(H,15,16)/t6-/m1/s1. The summed E-state index contributed by atoms with van der Waals surface area (Å²) in [4.78, 5) is 31.9. The molecule has 1 aromatic rings. The van der Waals surface area contributed by atoms with Gasteiger partial charge in [-0.2, -0.15) is 0 Å². The van der Waals surface area contributed by atoms with Crippen molar-refractivity contribution in [3.63, 3.8) is 0 Å². The van der Waals surface area contributed by atoms with Gasteiger partial charge in [0.2, 0.25) is 5.91 Å². The molecule has 0 bridgehead atoms. The third-order valence-electron chi connectivity index (χ3n) is 2.36. The lowest BCUT2D eigenvalue weighted by atomic mass is 10.0. The van der Waals surface area contributed by atoms with Crippen molar-refractivity contribution in [2.75, 3.05) is 0 Å². The SMILES string of the molecule is CC(=O)N[C@H](C)c1ccc(C(=O)O)cc1[N+](=O)[O-].